The molecule has 0 bridgehead atoms. The zero-order chi connectivity index (χ0) is 27.9. The van der Waals surface area contributed by atoms with Crippen molar-refractivity contribution in [2.24, 2.45) is 5.73 Å². The molecule has 0 aliphatic carbocycles. The summed E-state index contributed by atoms with van der Waals surface area (Å²) in [5.74, 6) is 0.899. The van der Waals surface area contributed by atoms with E-state index in [9.17, 15) is 13.2 Å². The summed E-state index contributed by atoms with van der Waals surface area (Å²) in [6.07, 6.45) is 3.64. The number of piperazine rings is 1. The number of unbranched alkanes of at least 4 members (excludes halogenated alkanes) is 5. The number of benzene rings is 2. The fourth-order valence-electron chi connectivity index (χ4n) is 4.85. The maximum absolute atomic E-state index is 12.8. The largest absolute Gasteiger partial charge is 0.494 e. The summed E-state index contributed by atoms with van der Waals surface area (Å²) >= 11 is 0. The van der Waals surface area contributed by atoms with Gasteiger partial charge in [0.15, 0.2) is 5.96 Å². The highest BCUT2D eigenvalue weighted by molar-refractivity contribution is 5.74. The fraction of sp³-hybridized carbons (Fsp3) is 0.567. The SMILES string of the molecule is N=C(N)N(CCCCN1CCN(CCCCCCCOc2ccccc2)CC1)Cc1ccc(C(F)(F)F)cc1. The first-order chi connectivity index (χ1) is 18.8. The highest BCUT2D eigenvalue weighted by Gasteiger charge is 2.30. The van der Waals surface area contributed by atoms with Crippen molar-refractivity contribution in [1.29, 1.82) is 5.41 Å². The summed E-state index contributed by atoms with van der Waals surface area (Å²) in [5, 5.41) is 7.84. The first-order valence-corrected chi connectivity index (χ1v) is 14.2. The van der Waals surface area contributed by atoms with E-state index in [1.807, 2.05) is 30.3 Å². The van der Waals surface area contributed by atoms with Gasteiger partial charge in [-0.15, -0.1) is 0 Å². The van der Waals surface area contributed by atoms with Gasteiger partial charge < -0.3 is 25.2 Å². The second-order valence-electron chi connectivity index (χ2n) is 10.3. The van der Waals surface area contributed by atoms with Crippen LogP contribution < -0.4 is 10.5 Å². The molecule has 2 aromatic rings. The number of para-hydroxylation sites is 1. The van der Waals surface area contributed by atoms with Crippen molar-refractivity contribution in [3.05, 3.63) is 65.7 Å². The minimum Gasteiger partial charge on any atom is -0.494 e. The number of guanidine groups is 1. The van der Waals surface area contributed by atoms with Gasteiger partial charge in [-0.1, -0.05) is 49.6 Å². The standard InChI is InChI=1S/C30H44F3N5O/c31-30(32,33)27-15-13-26(14-16-27)25-38(29(34)35)19-9-8-18-37-22-20-36(21-23-37)17-7-2-1-3-10-24-39-28-11-5-4-6-12-28/h4-6,11-16H,1-3,7-10,17-25H2,(H3,34,35). The number of hydrogen-bond acceptors (Lipinski definition) is 4. The molecule has 1 aliphatic heterocycles. The summed E-state index contributed by atoms with van der Waals surface area (Å²) in [4.78, 5) is 6.78. The average Bonchev–Trinajstić information content (AvgIpc) is 2.93. The number of nitrogens with one attached hydrogen (secondary N) is 1. The van der Waals surface area contributed by atoms with Crippen molar-refractivity contribution < 1.29 is 17.9 Å². The molecule has 1 fully saturated rings. The van der Waals surface area contributed by atoms with Crippen LogP contribution in [0.4, 0.5) is 13.2 Å². The van der Waals surface area contributed by atoms with Gasteiger partial charge >= 0.3 is 6.18 Å². The van der Waals surface area contributed by atoms with E-state index in [0.717, 1.165) is 76.5 Å². The van der Waals surface area contributed by atoms with Crippen LogP contribution in [-0.2, 0) is 12.7 Å². The molecule has 2 aromatic carbocycles. The molecule has 0 spiro atoms. The third kappa shape index (κ3) is 11.9. The lowest BCUT2D eigenvalue weighted by Crippen LogP contribution is -2.46. The zero-order valence-electron chi connectivity index (χ0n) is 23.0. The Morgan fingerprint density at radius 3 is 1.95 bits per heavy atom. The average molecular weight is 548 g/mol. The predicted octanol–water partition coefficient (Wildman–Crippen LogP) is 5.83. The van der Waals surface area contributed by atoms with Crippen molar-refractivity contribution in [2.75, 3.05) is 52.4 Å². The van der Waals surface area contributed by atoms with Crippen LogP contribution in [0.2, 0.25) is 0 Å². The zero-order valence-corrected chi connectivity index (χ0v) is 23.0. The second-order valence-corrected chi connectivity index (χ2v) is 10.3. The minimum absolute atomic E-state index is 0.0518. The molecular formula is C30H44F3N5O. The number of nitrogens with zero attached hydrogens (tertiary/aromatic N) is 3. The molecule has 1 saturated heterocycles. The van der Waals surface area contributed by atoms with E-state index in [1.54, 1.807) is 4.90 Å². The van der Waals surface area contributed by atoms with Crippen LogP contribution in [0.15, 0.2) is 54.6 Å². The van der Waals surface area contributed by atoms with Gasteiger partial charge in [0, 0.05) is 39.3 Å². The summed E-state index contributed by atoms with van der Waals surface area (Å²) in [6.45, 7) is 8.32. The Balaban J connectivity index is 1.19. The topological polar surface area (TPSA) is 68.8 Å². The summed E-state index contributed by atoms with van der Waals surface area (Å²) in [7, 11) is 0. The molecule has 0 amide bonds. The Morgan fingerprint density at radius 1 is 0.795 bits per heavy atom. The lowest BCUT2D eigenvalue weighted by atomic mass is 10.1. The van der Waals surface area contributed by atoms with E-state index in [0.29, 0.717) is 18.7 Å². The minimum atomic E-state index is -4.34. The quantitative estimate of drug-likeness (QED) is 0.157. The number of rotatable bonds is 16. The third-order valence-electron chi connectivity index (χ3n) is 7.24. The van der Waals surface area contributed by atoms with Gasteiger partial charge in [-0.05, 0) is 68.6 Å². The van der Waals surface area contributed by atoms with Gasteiger partial charge in [0.2, 0.25) is 0 Å². The van der Waals surface area contributed by atoms with Crippen molar-refractivity contribution >= 4 is 5.96 Å². The number of halogens is 3. The molecule has 39 heavy (non-hydrogen) atoms. The molecule has 0 saturated carbocycles. The molecular weight excluding hydrogens is 503 g/mol. The molecule has 6 nitrogen and oxygen atoms in total. The van der Waals surface area contributed by atoms with Crippen LogP contribution in [-0.4, -0.2) is 73.1 Å². The fourth-order valence-corrected chi connectivity index (χ4v) is 4.85. The maximum Gasteiger partial charge on any atom is 0.416 e. The van der Waals surface area contributed by atoms with Gasteiger partial charge in [0.1, 0.15) is 5.75 Å². The molecule has 1 aliphatic rings. The van der Waals surface area contributed by atoms with E-state index >= 15 is 0 Å². The van der Waals surface area contributed by atoms with Crippen molar-refractivity contribution in [2.45, 2.75) is 57.7 Å². The Morgan fingerprint density at radius 2 is 1.36 bits per heavy atom. The lowest BCUT2D eigenvalue weighted by Gasteiger charge is -2.34. The lowest BCUT2D eigenvalue weighted by molar-refractivity contribution is -0.137. The second kappa shape index (κ2) is 16.4. The van der Waals surface area contributed by atoms with Crippen molar-refractivity contribution in [1.82, 2.24) is 14.7 Å². The van der Waals surface area contributed by atoms with E-state index in [-0.39, 0.29) is 5.96 Å². The van der Waals surface area contributed by atoms with Gasteiger partial charge in [-0.25, -0.2) is 0 Å². The molecule has 0 aromatic heterocycles. The highest BCUT2D eigenvalue weighted by Crippen LogP contribution is 2.29. The number of nitrogens with two attached hydrogens (primary N) is 1. The number of alkyl halides is 3. The highest BCUT2D eigenvalue weighted by atomic mass is 19.4. The van der Waals surface area contributed by atoms with Crippen molar-refractivity contribution in [3.8, 4) is 5.75 Å². The first-order valence-electron chi connectivity index (χ1n) is 14.2. The van der Waals surface area contributed by atoms with E-state index < -0.39 is 11.7 Å². The Kier molecular flexibility index (Phi) is 12.9. The van der Waals surface area contributed by atoms with Crippen LogP contribution in [0.1, 0.15) is 56.1 Å². The van der Waals surface area contributed by atoms with Crippen LogP contribution in [0.3, 0.4) is 0 Å². The van der Waals surface area contributed by atoms with Gasteiger partial charge in [-0.3, -0.25) is 5.41 Å². The van der Waals surface area contributed by atoms with E-state index in [4.69, 9.17) is 15.9 Å². The first kappa shape index (κ1) is 30.8. The number of hydrogen-bond donors (Lipinski definition) is 2. The molecule has 9 heteroatoms. The normalized spacial score (nSPS) is 14.8. The van der Waals surface area contributed by atoms with Crippen LogP contribution in [0, 0.1) is 5.41 Å². The van der Waals surface area contributed by atoms with Gasteiger partial charge in [0.25, 0.3) is 0 Å². The molecule has 0 radical (unpaired) electrons. The monoisotopic (exact) mass is 547 g/mol. The van der Waals surface area contributed by atoms with Crippen LogP contribution in [0.5, 0.6) is 5.75 Å². The van der Waals surface area contributed by atoms with Gasteiger partial charge in [0.05, 0.1) is 12.2 Å². The molecule has 3 N–H and O–H groups in total. The maximum atomic E-state index is 12.8. The smallest absolute Gasteiger partial charge is 0.416 e. The van der Waals surface area contributed by atoms with E-state index in [1.165, 1.54) is 44.4 Å². The van der Waals surface area contributed by atoms with Gasteiger partial charge in [-0.2, -0.15) is 13.2 Å². The Labute approximate surface area is 231 Å². The van der Waals surface area contributed by atoms with Crippen molar-refractivity contribution in [3.63, 3.8) is 0 Å². The Hall–Kier alpha value is -2.78. The number of ether oxygens (including phenoxy) is 1. The molecule has 0 atom stereocenters. The predicted molar refractivity (Wildman–Crippen MR) is 151 cm³/mol. The summed E-state index contributed by atoms with van der Waals surface area (Å²) in [5.41, 5.74) is 5.78. The van der Waals surface area contributed by atoms with Crippen LogP contribution in [0.25, 0.3) is 0 Å². The van der Waals surface area contributed by atoms with Crippen LogP contribution >= 0.6 is 0 Å². The summed E-state index contributed by atoms with van der Waals surface area (Å²) < 4.78 is 44.1. The Bertz CT molecular complexity index is 947. The van der Waals surface area contributed by atoms with E-state index in [2.05, 4.69) is 9.80 Å². The molecule has 0 unspecified atom stereocenters. The third-order valence-corrected chi connectivity index (χ3v) is 7.24. The molecule has 216 valence electrons. The molecule has 1 heterocycles. The summed E-state index contributed by atoms with van der Waals surface area (Å²) in [6, 6.07) is 15.1. The molecule has 3 rings (SSSR count).